The molecule has 0 aliphatic carbocycles. The second kappa shape index (κ2) is 10.2. The molecule has 0 aliphatic heterocycles. The van der Waals surface area contributed by atoms with Gasteiger partial charge in [0.05, 0.1) is 20.2 Å². The highest BCUT2D eigenvalue weighted by atomic mass is 16.5. The zero-order chi connectivity index (χ0) is 21.4. The molecule has 8 heteroatoms. The summed E-state index contributed by atoms with van der Waals surface area (Å²) in [7, 11) is 6.60. The lowest BCUT2D eigenvalue weighted by Gasteiger charge is -2.16. The molecule has 0 saturated carbocycles. The van der Waals surface area contributed by atoms with Crippen LogP contribution in [0.25, 0.3) is 0 Å². The van der Waals surface area contributed by atoms with Crippen LogP contribution in [-0.2, 0) is 9.59 Å². The van der Waals surface area contributed by atoms with Crippen LogP contribution in [-0.4, -0.2) is 68.9 Å². The summed E-state index contributed by atoms with van der Waals surface area (Å²) in [5.41, 5.74) is 1.75. The Morgan fingerprint density at radius 2 is 1.45 bits per heavy atom. The highest BCUT2D eigenvalue weighted by molar-refractivity contribution is 5.96. The van der Waals surface area contributed by atoms with Gasteiger partial charge in [-0.1, -0.05) is 6.07 Å². The van der Waals surface area contributed by atoms with Gasteiger partial charge < -0.3 is 20.3 Å². The number of benzene rings is 2. The van der Waals surface area contributed by atoms with Gasteiger partial charge in [0.15, 0.2) is 0 Å². The van der Waals surface area contributed by atoms with Crippen molar-refractivity contribution in [3.63, 3.8) is 0 Å². The molecule has 29 heavy (non-hydrogen) atoms. The molecule has 0 spiro atoms. The van der Waals surface area contributed by atoms with Crippen molar-refractivity contribution < 1.29 is 19.1 Å². The highest BCUT2D eigenvalue weighted by Gasteiger charge is 2.12. The maximum atomic E-state index is 12.2. The van der Waals surface area contributed by atoms with Crippen molar-refractivity contribution in [2.24, 2.45) is 0 Å². The fourth-order valence-corrected chi connectivity index (χ4v) is 2.60. The molecule has 8 nitrogen and oxygen atoms in total. The number of hydrogen-bond donors (Lipinski definition) is 2. The van der Waals surface area contributed by atoms with E-state index < -0.39 is 0 Å². The normalized spacial score (nSPS) is 10.4. The SMILES string of the molecule is COc1cccc(NC(=O)CN(C)CC(=O)Nc2ccc(C(=O)N(C)C)cc2)c1. The van der Waals surface area contributed by atoms with Crippen molar-refractivity contribution in [2.75, 3.05) is 52.0 Å². The van der Waals surface area contributed by atoms with Gasteiger partial charge in [-0.25, -0.2) is 0 Å². The van der Waals surface area contributed by atoms with Crippen LogP contribution in [0.15, 0.2) is 48.5 Å². The molecular weight excluding hydrogens is 372 g/mol. The van der Waals surface area contributed by atoms with Gasteiger partial charge in [-0.2, -0.15) is 0 Å². The largest absolute Gasteiger partial charge is 0.497 e. The first-order chi connectivity index (χ1) is 13.8. The number of likely N-dealkylation sites (N-methyl/N-ethyl adjacent to an activating group) is 1. The van der Waals surface area contributed by atoms with E-state index in [1.54, 1.807) is 81.7 Å². The van der Waals surface area contributed by atoms with E-state index in [2.05, 4.69) is 10.6 Å². The maximum absolute atomic E-state index is 12.2. The van der Waals surface area contributed by atoms with Crippen LogP contribution < -0.4 is 15.4 Å². The summed E-state index contributed by atoms with van der Waals surface area (Å²) in [6.07, 6.45) is 0. The van der Waals surface area contributed by atoms with Crippen LogP contribution in [0.2, 0.25) is 0 Å². The van der Waals surface area contributed by atoms with Crippen molar-refractivity contribution in [2.45, 2.75) is 0 Å². The van der Waals surface area contributed by atoms with Crippen molar-refractivity contribution in [3.05, 3.63) is 54.1 Å². The maximum Gasteiger partial charge on any atom is 0.253 e. The summed E-state index contributed by atoms with van der Waals surface area (Å²) in [4.78, 5) is 39.3. The molecule has 3 amide bonds. The predicted octanol–water partition coefficient (Wildman–Crippen LogP) is 1.91. The summed E-state index contributed by atoms with van der Waals surface area (Å²) in [6, 6.07) is 13.7. The van der Waals surface area contributed by atoms with Crippen molar-refractivity contribution >= 4 is 29.1 Å². The number of nitrogens with one attached hydrogen (secondary N) is 2. The van der Waals surface area contributed by atoms with E-state index in [-0.39, 0.29) is 30.8 Å². The standard InChI is InChI=1S/C21H26N4O4/c1-24(2)21(28)15-8-10-16(11-9-15)22-19(26)13-25(3)14-20(27)23-17-6-5-7-18(12-17)29-4/h5-12H,13-14H2,1-4H3,(H,22,26)(H,23,27). The second-order valence-corrected chi connectivity index (χ2v) is 6.78. The topological polar surface area (TPSA) is 91.0 Å². The van der Waals surface area contributed by atoms with E-state index in [9.17, 15) is 14.4 Å². The quantitative estimate of drug-likeness (QED) is 0.709. The summed E-state index contributed by atoms with van der Waals surface area (Å²) in [6.45, 7) is 0.102. The number of nitrogens with zero attached hydrogens (tertiary/aromatic N) is 2. The molecule has 0 saturated heterocycles. The summed E-state index contributed by atoms with van der Waals surface area (Å²) >= 11 is 0. The van der Waals surface area contributed by atoms with Gasteiger partial charge in [0.1, 0.15) is 5.75 Å². The second-order valence-electron chi connectivity index (χ2n) is 6.78. The van der Waals surface area contributed by atoms with E-state index in [1.165, 1.54) is 4.90 Å². The number of anilines is 2. The molecule has 2 aromatic carbocycles. The van der Waals surface area contributed by atoms with Crippen molar-refractivity contribution in [1.29, 1.82) is 0 Å². The van der Waals surface area contributed by atoms with E-state index in [0.717, 1.165) is 0 Å². The molecule has 2 rings (SSSR count). The minimum absolute atomic E-state index is 0.0455. The van der Waals surface area contributed by atoms with Gasteiger partial charge in [0, 0.05) is 37.1 Å². The lowest BCUT2D eigenvalue weighted by atomic mass is 10.2. The number of methoxy groups -OCH3 is 1. The van der Waals surface area contributed by atoms with E-state index in [1.807, 2.05) is 0 Å². The number of rotatable bonds is 8. The summed E-state index contributed by atoms with van der Waals surface area (Å²) in [5, 5.41) is 5.52. The Labute approximate surface area is 170 Å². The van der Waals surface area contributed by atoms with Crippen molar-refractivity contribution in [1.82, 2.24) is 9.80 Å². The first kappa shape index (κ1) is 21.9. The third-order valence-electron chi connectivity index (χ3n) is 4.00. The minimum Gasteiger partial charge on any atom is -0.497 e. The Hall–Kier alpha value is -3.39. The van der Waals surface area contributed by atoms with Crippen LogP contribution in [0.3, 0.4) is 0 Å². The molecule has 154 valence electrons. The Morgan fingerprint density at radius 1 is 0.862 bits per heavy atom. The monoisotopic (exact) mass is 398 g/mol. The Morgan fingerprint density at radius 3 is 2.00 bits per heavy atom. The first-order valence-corrected chi connectivity index (χ1v) is 9.02. The Balaban J connectivity index is 1.82. The molecule has 0 heterocycles. The molecule has 2 aromatic rings. The number of carbonyl (C=O) groups excluding carboxylic acids is 3. The first-order valence-electron chi connectivity index (χ1n) is 9.02. The van der Waals surface area contributed by atoms with Gasteiger partial charge in [-0.15, -0.1) is 0 Å². The third-order valence-corrected chi connectivity index (χ3v) is 4.00. The van der Waals surface area contributed by atoms with Crippen LogP contribution in [0.5, 0.6) is 5.75 Å². The van der Waals surface area contributed by atoms with E-state index >= 15 is 0 Å². The highest BCUT2D eigenvalue weighted by Crippen LogP contribution is 2.16. The third kappa shape index (κ3) is 6.93. The Bertz CT molecular complexity index is 865. The number of ether oxygens (including phenoxy) is 1. The summed E-state index contributed by atoms with van der Waals surface area (Å²) in [5.74, 6) is 0.0481. The van der Waals surface area contributed by atoms with Gasteiger partial charge in [0.2, 0.25) is 11.8 Å². The van der Waals surface area contributed by atoms with E-state index in [4.69, 9.17) is 4.74 Å². The Kier molecular flexibility index (Phi) is 7.73. The molecule has 0 unspecified atom stereocenters. The summed E-state index contributed by atoms with van der Waals surface area (Å²) < 4.78 is 5.12. The van der Waals surface area contributed by atoms with Crippen LogP contribution in [0.1, 0.15) is 10.4 Å². The van der Waals surface area contributed by atoms with Crippen LogP contribution >= 0.6 is 0 Å². The smallest absolute Gasteiger partial charge is 0.253 e. The fraction of sp³-hybridized carbons (Fsp3) is 0.286. The van der Waals surface area contributed by atoms with Crippen molar-refractivity contribution in [3.8, 4) is 5.75 Å². The number of amides is 3. The number of carbonyl (C=O) groups is 3. The van der Waals surface area contributed by atoms with Gasteiger partial charge in [-0.3, -0.25) is 19.3 Å². The number of hydrogen-bond acceptors (Lipinski definition) is 5. The molecule has 0 radical (unpaired) electrons. The van der Waals surface area contributed by atoms with E-state index in [0.29, 0.717) is 22.7 Å². The average Bonchev–Trinajstić information content (AvgIpc) is 2.67. The molecule has 0 aromatic heterocycles. The average molecular weight is 398 g/mol. The van der Waals surface area contributed by atoms with Gasteiger partial charge in [0.25, 0.3) is 5.91 Å². The predicted molar refractivity (Wildman–Crippen MR) is 112 cm³/mol. The zero-order valence-electron chi connectivity index (χ0n) is 17.1. The fourth-order valence-electron chi connectivity index (χ4n) is 2.60. The van der Waals surface area contributed by atoms with Crippen LogP contribution in [0, 0.1) is 0 Å². The lowest BCUT2D eigenvalue weighted by Crippen LogP contribution is -2.36. The molecule has 0 atom stereocenters. The van der Waals surface area contributed by atoms with Gasteiger partial charge >= 0.3 is 0 Å². The molecule has 2 N–H and O–H groups in total. The molecule has 0 bridgehead atoms. The minimum atomic E-state index is -0.256. The molecule has 0 fully saturated rings. The van der Waals surface area contributed by atoms with Gasteiger partial charge in [-0.05, 0) is 43.4 Å². The van der Waals surface area contributed by atoms with Crippen LogP contribution in [0.4, 0.5) is 11.4 Å². The lowest BCUT2D eigenvalue weighted by molar-refractivity contribution is -0.119. The molecular formula is C21H26N4O4. The zero-order valence-corrected chi connectivity index (χ0v) is 17.1. The molecule has 0 aliphatic rings.